The van der Waals surface area contributed by atoms with E-state index in [1.807, 2.05) is 6.33 Å². The van der Waals surface area contributed by atoms with Crippen molar-refractivity contribution in [2.24, 2.45) is 5.92 Å². The Morgan fingerprint density at radius 1 is 1.21 bits per heavy atom. The molecule has 5 nitrogen and oxygen atoms in total. The summed E-state index contributed by atoms with van der Waals surface area (Å²) in [4.78, 5) is 25.9. The molecule has 3 aliphatic rings. The molecule has 148 valence electrons. The topological polar surface area (TPSA) is 52.2 Å². The Kier molecular flexibility index (Phi) is 4.50. The van der Waals surface area contributed by atoms with E-state index in [-0.39, 0.29) is 11.5 Å². The summed E-state index contributed by atoms with van der Waals surface area (Å²) in [6.07, 6.45) is 6.85. The van der Waals surface area contributed by atoms with Crippen LogP contribution in [0.15, 0.2) is 36.7 Å². The Morgan fingerprint density at radius 3 is 2.68 bits per heavy atom. The quantitative estimate of drug-likeness (QED) is 0.888. The van der Waals surface area contributed by atoms with Crippen molar-refractivity contribution in [3.8, 4) is 0 Å². The lowest BCUT2D eigenvalue weighted by Gasteiger charge is -2.51. The van der Waals surface area contributed by atoms with Crippen LogP contribution in [0.2, 0.25) is 0 Å². The minimum Gasteiger partial charge on any atom is -0.348 e. The molecule has 0 radical (unpaired) electrons. The molecule has 1 N–H and O–H groups in total. The van der Waals surface area contributed by atoms with E-state index in [0.717, 1.165) is 64.0 Å². The van der Waals surface area contributed by atoms with Crippen LogP contribution >= 0.6 is 0 Å². The molecule has 1 saturated carbocycles. The van der Waals surface area contributed by atoms with E-state index in [1.165, 1.54) is 11.3 Å². The molecule has 5 heteroatoms. The monoisotopic (exact) mass is 378 g/mol. The Balaban J connectivity index is 1.33. The number of hydrogen-bond donors (Lipinski definition) is 1. The number of imidazole rings is 1. The summed E-state index contributed by atoms with van der Waals surface area (Å²) in [7, 11) is 0. The Hall–Kier alpha value is -2.14. The molecule has 1 saturated heterocycles. The summed E-state index contributed by atoms with van der Waals surface area (Å²) < 4.78 is 0. The molecule has 2 fully saturated rings. The third-order valence-corrected chi connectivity index (χ3v) is 7.04. The fourth-order valence-corrected chi connectivity index (χ4v) is 5.24. The van der Waals surface area contributed by atoms with Crippen LogP contribution in [0.25, 0.3) is 0 Å². The summed E-state index contributed by atoms with van der Waals surface area (Å²) in [5, 5.41) is 0. The number of piperidine rings is 1. The third-order valence-electron chi connectivity index (χ3n) is 7.04. The molecule has 2 aromatic rings. The number of carbonyl (C=O) groups excluding carboxylic acids is 1. The SMILES string of the molecule is CC(CN1CCC2(CC1)c1nc[nH]c1CCN2C(=O)C1CC1)c1ccccc1. The number of likely N-dealkylation sites (tertiary alicyclic amines) is 1. The Morgan fingerprint density at radius 2 is 1.96 bits per heavy atom. The molecule has 5 rings (SSSR count). The second-order valence-corrected chi connectivity index (χ2v) is 8.89. The number of carbonyl (C=O) groups is 1. The zero-order chi connectivity index (χ0) is 19.1. The number of nitrogens with zero attached hydrogens (tertiary/aromatic N) is 3. The average molecular weight is 379 g/mol. The molecule has 1 aromatic heterocycles. The van der Waals surface area contributed by atoms with Gasteiger partial charge in [0.15, 0.2) is 0 Å². The highest BCUT2D eigenvalue weighted by Gasteiger charge is 2.50. The molecule has 1 unspecified atom stereocenters. The lowest BCUT2D eigenvalue weighted by molar-refractivity contribution is -0.143. The molecule has 1 atom stereocenters. The smallest absolute Gasteiger partial charge is 0.226 e. The molecule has 1 aromatic carbocycles. The van der Waals surface area contributed by atoms with Gasteiger partial charge in [-0.1, -0.05) is 37.3 Å². The summed E-state index contributed by atoms with van der Waals surface area (Å²) >= 11 is 0. The van der Waals surface area contributed by atoms with E-state index in [2.05, 4.69) is 52.0 Å². The first kappa shape index (κ1) is 17.9. The maximum Gasteiger partial charge on any atom is 0.226 e. The lowest BCUT2D eigenvalue weighted by Crippen LogP contribution is -2.58. The van der Waals surface area contributed by atoms with E-state index >= 15 is 0 Å². The molecule has 1 aliphatic carbocycles. The van der Waals surface area contributed by atoms with Crippen LogP contribution in [-0.2, 0) is 16.8 Å². The fourth-order valence-electron chi connectivity index (χ4n) is 5.24. The zero-order valence-corrected chi connectivity index (χ0v) is 16.7. The van der Waals surface area contributed by atoms with Gasteiger partial charge in [-0.05, 0) is 37.2 Å². The predicted molar refractivity (Wildman–Crippen MR) is 109 cm³/mol. The van der Waals surface area contributed by atoms with Crippen molar-refractivity contribution in [2.45, 2.75) is 50.5 Å². The zero-order valence-electron chi connectivity index (χ0n) is 16.7. The largest absolute Gasteiger partial charge is 0.348 e. The molecule has 3 heterocycles. The Bertz CT molecular complexity index is 833. The van der Waals surface area contributed by atoms with Crippen molar-refractivity contribution in [3.05, 3.63) is 53.6 Å². The first-order valence-electron chi connectivity index (χ1n) is 10.8. The number of fused-ring (bicyclic) bond motifs is 2. The van der Waals surface area contributed by atoms with Crippen LogP contribution < -0.4 is 0 Å². The normalized spacial score (nSPS) is 22.8. The van der Waals surface area contributed by atoms with Crippen LogP contribution in [-0.4, -0.2) is 51.9 Å². The van der Waals surface area contributed by atoms with Crippen LogP contribution in [0.3, 0.4) is 0 Å². The van der Waals surface area contributed by atoms with Crippen molar-refractivity contribution in [1.82, 2.24) is 19.8 Å². The van der Waals surface area contributed by atoms with Crippen molar-refractivity contribution in [2.75, 3.05) is 26.2 Å². The van der Waals surface area contributed by atoms with E-state index in [0.29, 0.717) is 11.8 Å². The van der Waals surface area contributed by atoms with Gasteiger partial charge in [-0.25, -0.2) is 4.98 Å². The van der Waals surface area contributed by atoms with Gasteiger partial charge in [0.1, 0.15) is 0 Å². The molecule has 0 bridgehead atoms. The summed E-state index contributed by atoms with van der Waals surface area (Å²) in [5.41, 5.74) is 3.59. The van der Waals surface area contributed by atoms with Gasteiger partial charge < -0.3 is 14.8 Å². The molecule has 2 aliphatic heterocycles. The standard InChI is InChI=1S/C23H30N4O/c1-17(18-5-3-2-4-6-18)15-26-13-10-23(11-14-26)21-20(24-16-25-21)9-12-27(23)22(28)19-7-8-19/h2-6,16-17,19H,7-15H2,1H3,(H,24,25). The van der Waals surface area contributed by atoms with Crippen molar-refractivity contribution >= 4 is 5.91 Å². The van der Waals surface area contributed by atoms with Crippen molar-refractivity contribution < 1.29 is 4.79 Å². The highest BCUT2D eigenvalue weighted by molar-refractivity contribution is 5.82. The Labute approximate surface area is 167 Å². The van der Waals surface area contributed by atoms with Crippen LogP contribution in [0.4, 0.5) is 0 Å². The number of H-pyrrole nitrogens is 1. The van der Waals surface area contributed by atoms with Crippen LogP contribution in [0, 0.1) is 5.92 Å². The molecule has 1 amide bonds. The van der Waals surface area contributed by atoms with E-state index < -0.39 is 0 Å². The molecular weight excluding hydrogens is 348 g/mol. The van der Waals surface area contributed by atoms with E-state index in [9.17, 15) is 4.79 Å². The lowest BCUT2D eigenvalue weighted by atomic mass is 9.78. The van der Waals surface area contributed by atoms with E-state index in [4.69, 9.17) is 4.98 Å². The number of aromatic amines is 1. The predicted octanol–water partition coefficient (Wildman–Crippen LogP) is 3.30. The maximum absolute atomic E-state index is 13.1. The van der Waals surface area contributed by atoms with Gasteiger partial charge in [0.05, 0.1) is 17.6 Å². The van der Waals surface area contributed by atoms with Gasteiger partial charge >= 0.3 is 0 Å². The van der Waals surface area contributed by atoms with Gasteiger partial charge in [-0.2, -0.15) is 0 Å². The van der Waals surface area contributed by atoms with Gasteiger partial charge in [-0.15, -0.1) is 0 Å². The number of amides is 1. The first-order valence-corrected chi connectivity index (χ1v) is 10.8. The summed E-state index contributed by atoms with van der Waals surface area (Å²) in [6.45, 7) is 6.28. The average Bonchev–Trinajstić information content (AvgIpc) is 3.47. The van der Waals surface area contributed by atoms with Gasteiger partial charge in [-0.3, -0.25) is 4.79 Å². The second-order valence-electron chi connectivity index (χ2n) is 8.89. The minimum atomic E-state index is -0.195. The van der Waals surface area contributed by atoms with Crippen LogP contribution in [0.5, 0.6) is 0 Å². The fraction of sp³-hybridized carbons (Fsp3) is 0.565. The number of hydrogen-bond acceptors (Lipinski definition) is 3. The molecule has 1 spiro atoms. The van der Waals surface area contributed by atoms with Crippen molar-refractivity contribution in [3.63, 3.8) is 0 Å². The molecular formula is C23H30N4O. The minimum absolute atomic E-state index is 0.195. The van der Waals surface area contributed by atoms with Crippen molar-refractivity contribution in [1.29, 1.82) is 0 Å². The molecule has 28 heavy (non-hydrogen) atoms. The highest BCUT2D eigenvalue weighted by Crippen LogP contribution is 2.45. The number of nitrogens with one attached hydrogen (secondary N) is 1. The summed E-state index contributed by atoms with van der Waals surface area (Å²) in [6, 6.07) is 10.8. The summed E-state index contributed by atoms with van der Waals surface area (Å²) in [5.74, 6) is 1.17. The number of aromatic nitrogens is 2. The third kappa shape index (κ3) is 3.06. The van der Waals surface area contributed by atoms with Crippen LogP contribution in [0.1, 0.15) is 55.5 Å². The second kappa shape index (κ2) is 7.03. The number of rotatable bonds is 4. The van der Waals surface area contributed by atoms with Gasteiger partial charge in [0.25, 0.3) is 0 Å². The van der Waals surface area contributed by atoms with Gasteiger partial charge in [0, 0.05) is 44.2 Å². The highest BCUT2D eigenvalue weighted by atomic mass is 16.2. The number of benzene rings is 1. The van der Waals surface area contributed by atoms with E-state index in [1.54, 1.807) is 0 Å². The maximum atomic E-state index is 13.1. The first-order chi connectivity index (χ1) is 13.7. The van der Waals surface area contributed by atoms with Gasteiger partial charge in [0.2, 0.25) is 5.91 Å².